The second-order valence-corrected chi connectivity index (χ2v) is 3.47. The van der Waals surface area contributed by atoms with Crippen molar-refractivity contribution < 1.29 is 25.4 Å². The van der Waals surface area contributed by atoms with Gasteiger partial charge in [0.2, 0.25) is 0 Å². The van der Waals surface area contributed by atoms with Crippen LogP contribution in [0.25, 0.3) is 0 Å². The van der Waals surface area contributed by atoms with E-state index in [1.807, 2.05) is 0 Å². The van der Waals surface area contributed by atoms with Crippen molar-refractivity contribution in [3.05, 3.63) is 23.1 Å². The molecule has 0 saturated heterocycles. The van der Waals surface area contributed by atoms with Crippen LogP contribution in [-0.4, -0.2) is 62.3 Å². The van der Waals surface area contributed by atoms with Crippen LogP contribution in [0.5, 0.6) is 0 Å². The van der Waals surface area contributed by atoms with Crippen molar-refractivity contribution >= 4 is 59.4 Å². The van der Waals surface area contributed by atoms with E-state index in [1.54, 1.807) is 0 Å². The Hall–Kier alpha value is -0.0103. The van der Waals surface area contributed by atoms with Gasteiger partial charge in [-0.05, 0) is 12.2 Å². The molecule has 7 heteroatoms. The normalized spacial score (nSPS) is 16.5. The van der Waals surface area contributed by atoms with Crippen LogP contribution < -0.4 is 0 Å². The molecule has 1 aliphatic carbocycles. The van der Waals surface area contributed by atoms with Crippen LogP contribution in [0.2, 0.25) is 0 Å². The molecule has 0 radical (unpaired) electrons. The summed E-state index contributed by atoms with van der Waals surface area (Å²) in [4.78, 5) is 20.4. The number of carbonyl (C=O) groups is 2. The van der Waals surface area contributed by atoms with Crippen molar-refractivity contribution in [2.24, 2.45) is 0 Å². The van der Waals surface area contributed by atoms with E-state index in [1.165, 1.54) is 0 Å². The second-order valence-electron chi connectivity index (χ2n) is 2.08. The second kappa shape index (κ2) is 4.47. The zero-order chi connectivity index (χ0) is 9.35. The van der Waals surface area contributed by atoms with Gasteiger partial charge in [0.25, 0.3) is 10.1 Å². The van der Waals surface area contributed by atoms with Crippen LogP contribution in [0.15, 0.2) is 23.1 Å². The fraction of sp³-hybridized carbons (Fsp3) is 0. The van der Waals surface area contributed by atoms with Gasteiger partial charge in [0.15, 0.2) is 11.6 Å². The topological polar surface area (TPSA) is 88.5 Å². The molecule has 68 valence electrons. The maximum atomic E-state index is 10.7. The Morgan fingerprint density at radius 2 is 1.77 bits per heavy atom. The van der Waals surface area contributed by atoms with Crippen LogP contribution in [-0.2, 0) is 19.7 Å². The minimum absolute atomic E-state index is 0. The Kier molecular flexibility index (Phi) is 4.47. The summed E-state index contributed by atoms with van der Waals surface area (Å²) in [6, 6.07) is 0. The molecule has 1 aliphatic rings. The van der Waals surface area contributed by atoms with E-state index in [0.717, 1.165) is 12.2 Å². The number of allylic oxidation sites excluding steroid dienone is 4. The molecular formula is C6H6CaO5S. The van der Waals surface area contributed by atoms with E-state index in [-0.39, 0.29) is 40.6 Å². The quantitative estimate of drug-likeness (QED) is 0.366. The van der Waals surface area contributed by atoms with E-state index < -0.39 is 26.6 Å². The fourth-order valence-electron chi connectivity index (χ4n) is 0.690. The number of rotatable bonds is 1. The smallest absolute Gasteiger partial charge is 1.00 e. The monoisotopic (exact) mass is 230 g/mol. The molecule has 0 aromatic carbocycles. The third-order valence-corrected chi connectivity index (χ3v) is 2.07. The zero-order valence-electron chi connectivity index (χ0n) is 8.43. The predicted octanol–water partition coefficient (Wildman–Crippen LogP) is -0.690. The third kappa shape index (κ3) is 3.32. The first-order valence-corrected chi connectivity index (χ1v) is 4.31. The first-order chi connectivity index (χ1) is 5.41. The Labute approximate surface area is 107 Å². The zero-order valence-corrected chi connectivity index (χ0v) is 9.45. The minimum atomic E-state index is -4.57. The molecule has 0 unspecified atom stereocenters. The van der Waals surface area contributed by atoms with Gasteiger partial charge in [-0.15, -0.1) is 0 Å². The first kappa shape index (κ1) is 13.0. The van der Waals surface area contributed by atoms with Gasteiger partial charge in [0.1, 0.15) is 4.91 Å². The van der Waals surface area contributed by atoms with Gasteiger partial charge in [-0.1, -0.05) is 0 Å². The fourth-order valence-corrected chi connectivity index (χ4v) is 1.28. The largest absolute Gasteiger partial charge is 2.00 e. The van der Waals surface area contributed by atoms with Gasteiger partial charge in [-0.25, -0.2) is 0 Å². The molecule has 0 aromatic rings. The molecule has 13 heavy (non-hydrogen) atoms. The summed E-state index contributed by atoms with van der Waals surface area (Å²) < 4.78 is 29.3. The van der Waals surface area contributed by atoms with Gasteiger partial charge in [-0.2, -0.15) is 8.42 Å². The van der Waals surface area contributed by atoms with Crippen LogP contribution >= 0.6 is 0 Å². The summed E-state index contributed by atoms with van der Waals surface area (Å²) in [5, 5.41) is 0. The van der Waals surface area contributed by atoms with Gasteiger partial charge < -0.3 is 2.85 Å². The molecule has 0 fully saturated rings. The summed E-state index contributed by atoms with van der Waals surface area (Å²) >= 11 is 0. The van der Waals surface area contributed by atoms with E-state index in [4.69, 9.17) is 4.55 Å². The first-order valence-electron chi connectivity index (χ1n) is 2.87. The van der Waals surface area contributed by atoms with Gasteiger partial charge in [-0.3, -0.25) is 14.1 Å². The standard InChI is InChI=1S/C6H4O5S.Ca.2H/c7-4-1-2-5(8)6(3-4)12(9,10)11;;;/h1-3H,(H,9,10,11);;;/q;+2;2*-1. The van der Waals surface area contributed by atoms with E-state index in [0.29, 0.717) is 6.08 Å². The molecule has 0 aromatic heterocycles. The molecule has 0 spiro atoms. The van der Waals surface area contributed by atoms with Crippen LogP contribution in [0, 0.1) is 0 Å². The van der Waals surface area contributed by atoms with Crippen molar-refractivity contribution in [2.75, 3.05) is 0 Å². The average Bonchev–Trinajstić information content (AvgIpc) is 1.92. The van der Waals surface area contributed by atoms with Gasteiger partial charge in [0, 0.05) is 6.08 Å². The molecule has 0 heterocycles. The van der Waals surface area contributed by atoms with E-state index in [2.05, 4.69) is 0 Å². The number of carbonyl (C=O) groups excluding carboxylic acids is 2. The van der Waals surface area contributed by atoms with Crippen molar-refractivity contribution in [2.45, 2.75) is 0 Å². The van der Waals surface area contributed by atoms with Crippen LogP contribution in [0.1, 0.15) is 2.85 Å². The van der Waals surface area contributed by atoms with Crippen LogP contribution in [0.3, 0.4) is 0 Å². The summed E-state index contributed by atoms with van der Waals surface area (Å²) in [5.41, 5.74) is 0. The molecule has 0 bridgehead atoms. The van der Waals surface area contributed by atoms with Crippen LogP contribution in [0.4, 0.5) is 0 Å². The minimum Gasteiger partial charge on any atom is -1.00 e. The molecule has 1 N–H and O–H groups in total. The average molecular weight is 230 g/mol. The molecule has 0 amide bonds. The summed E-state index contributed by atoms with van der Waals surface area (Å²) in [5.74, 6) is -1.53. The number of hydrogen-bond donors (Lipinski definition) is 1. The van der Waals surface area contributed by atoms with Crippen molar-refractivity contribution in [1.29, 1.82) is 0 Å². The van der Waals surface area contributed by atoms with Gasteiger partial charge in [0.05, 0.1) is 0 Å². The molecule has 5 nitrogen and oxygen atoms in total. The van der Waals surface area contributed by atoms with Gasteiger partial charge >= 0.3 is 37.7 Å². The summed E-state index contributed by atoms with van der Waals surface area (Å²) in [6.07, 6.45) is 2.31. The number of hydrogen-bond acceptors (Lipinski definition) is 4. The maximum Gasteiger partial charge on any atom is 2.00 e. The predicted molar refractivity (Wildman–Crippen MR) is 46.8 cm³/mol. The molecule has 0 aliphatic heterocycles. The van der Waals surface area contributed by atoms with Crippen molar-refractivity contribution in [1.82, 2.24) is 0 Å². The summed E-state index contributed by atoms with van der Waals surface area (Å²) in [6.45, 7) is 0. The van der Waals surface area contributed by atoms with Crippen molar-refractivity contribution in [3.63, 3.8) is 0 Å². The Bertz CT molecular complexity index is 411. The van der Waals surface area contributed by atoms with E-state index in [9.17, 15) is 18.0 Å². The maximum absolute atomic E-state index is 10.7. The van der Waals surface area contributed by atoms with Crippen molar-refractivity contribution in [3.8, 4) is 0 Å². The summed E-state index contributed by atoms with van der Waals surface area (Å²) in [7, 11) is -4.57. The molecule has 0 atom stereocenters. The van der Waals surface area contributed by atoms with E-state index >= 15 is 0 Å². The third-order valence-electron chi connectivity index (χ3n) is 1.19. The SMILES string of the molecule is O=C1C=CC(=O)C(S(=O)(=O)O)=C1.[Ca+2].[H-].[H-]. The molecular weight excluding hydrogens is 224 g/mol. The molecule has 1 rings (SSSR count). The Morgan fingerprint density at radius 1 is 1.23 bits per heavy atom. The Morgan fingerprint density at radius 3 is 2.15 bits per heavy atom. The molecule has 0 saturated carbocycles. The Balaban J connectivity index is -0.000000480. The number of ketones is 2.